The highest BCUT2D eigenvalue weighted by molar-refractivity contribution is 9.10. The van der Waals surface area contributed by atoms with E-state index in [9.17, 15) is 0 Å². The monoisotopic (exact) mass is 295 g/mol. The van der Waals surface area contributed by atoms with Crippen molar-refractivity contribution < 1.29 is 0 Å². The molecule has 1 aliphatic rings. The third-order valence-electron chi connectivity index (χ3n) is 3.66. The second-order valence-corrected chi connectivity index (χ2v) is 5.99. The molecule has 3 atom stereocenters. The van der Waals surface area contributed by atoms with E-state index in [4.69, 9.17) is 0 Å². The maximum atomic E-state index is 3.80. The third-order valence-corrected chi connectivity index (χ3v) is 4.15. The summed E-state index contributed by atoms with van der Waals surface area (Å²) in [7, 11) is 0. The van der Waals surface area contributed by atoms with Crippen LogP contribution in [-0.2, 0) is 0 Å². The molecule has 0 aliphatic heterocycles. The summed E-state index contributed by atoms with van der Waals surface area (Å²) in [6.07, 6.45) is 5.23. The number of hydrogen-bond acceptors (Lipinski definition) is 1. The van der Waals surface area contributed by atoms with Crippen LogP contribution in [0, 0.1) is 5.92 Å². The molecule has 1 saturated carbocycles. The zero-order chi connectivity index (χ0) is 12.3. The van der Waals surface area contributed by atoms with E-state index < -0.39 is 0 Å². The highest BCUT2D eigenvalue weighted by Crippen LogP contribution is 2.37. The Labute approximate surface area is 113 Å². The first-order valence-electron chi connectivity index (χ1n) is 6.76. The Kier molecular flexibility index (Phi) is 4.63. The van der Waals surface area contributed by atoms with E-state index in [1.54, 1.807) is 0 Å². The highest BCUT2D eigenvalue weighted by Gasteiger charge is 2.36. The molecule has 0 amide bonds. The summed E-state index contributed by atoms with van der Waals surface area (Å²) in [6, 6.07) is 9.95. The van der Waals surface area contributed by atoms with Gasteiger partial charge in [0.15, 0.2) is 0 Å². The predicted octanol–water partition coefficient (Wildman–Crippen LogP) is 4.68. The van der Waals surface area contributed by atoms with Gasteiger partial charge in [-0.25, -0.2) is 0 Å². The Morgan fingerprint density at radius 3 is 2.88 bits per heavy atom. The zero-order valence-corrected chi connectivity index (χ0v) is 12.3. The largest absolute Gasteiger partial charge is 0.307 e. The van der Waals surface area contributed by atoms with Gasteiger partial charge in [-0.3, -0.25) is 0 Å². The van der Waals surface area contributed by atoms with Gasteiger partial charge in [-0.15, -0.1) is 0 Å². The van der Waals surface area contributed by atoms with Crippen molar-refractivity contribution in [3.63, 3.8) is 0 Å². The molecule has 1 aromatic carbocycles. The lowest BCUT2D eigenvalue weighted by Crippen LogP contribution is -2.24. The van der Waals surface area contributed by atoms with Gasteiger partial charge in [-0.05, 0) is 42.9 Å². The van der Waals surface area contributed by atoms with Crippen LogP contribution in [0.25, 0.3) is 0 Å². The predicted molar refractivity (Wildman–Crippen MR) is 77.1 cm³/mol. The molecule has 1 aliphatic carbocycles. The minimum Gasteiger partial charge on any atom is -0.307 e. The van der Waals surface area contributed by atoms with E-state index >= 15 is 0 Å². The Hall–Kier alpha value is -0.340. The van der Waals surface area contributed by atoms with Crippen molar-refractivity contribution in [3.8, 4) is 0 Å². The van der Waals surface area contributed by atoms with Gasteiger partial charge < -0.3 is 5.32 Å². The Bertz CT molecular complexity index is 364. The molecule has 0 spiro atoms. The SMILES string of the molecule is CCCC1CC1NC(CC)c1cccc(Br)c1. The van der Waals surface area contributed by atoms with Crippen molar-refractivity contribution in [2.75, 3.05) is 0 Å². The topological polar surface area (TPSA) is 12.0 Å². The fourth-order valence-electron chi connectivity index (χ4n) is 2.57. The van der Waals surface area contributed by atoms with Crippen LogP contribution >= 0.6 is 15.9 Å². The molecule has 0 aromatic heterocycles. The van der Waals surface area contributed by atoms with Crippen molar-refractivity contribution in [1.29, 1.82) is 0 Å². The number of nitrogens with one attached hydrogen (secondary N) is 1. The lowest BCUT2D eigenvalue weighted by Gasteiger charge is -2.18. The Balaban J connectivity index is 1.93. The van der Waals surface area contributed by atoms with Gasteiger partial charge in [0.05, 0.1) is 0 Å². The third kappa shape index (κ3) is 3.56. The molecule has 2 heteroatoms. The van der Waals surface area contributed by atoms with Gasteiger partial charge in [-0.2, -0.15) is 0 Å². The van der Waals surface area contributed by atoms with Gasteiger partial charge in [-0.1, -0.05) is 48.3 Å². The molecule has 1 nitrogen and oxygen atoms in total. The molecule has 3 unspecified atom stereocenters. The molecular formula is C15H22BrN. The van der Waals surface area contributed by atoms with Crippen LogP contribution in [-0.4, -0.2) is 6.04 Å². The molecule has 0 heterocycles. The van der Waals surface area contributed by atoms with E-state index in [1.807, 2.05) is 0 Å². The minimum absolute atomic E-state index is 0.513. The average molecular weight is 296 g/mol. The van der Waals surface area contributed by atoms with E-state index in [-0.39, 0.29) is 0 Å². The molecule has 0 radical (unpaired) electrons. The first-order chi connectivity index (χ1) is 8.24. The molecule has 0 bridgehead atoms. The maximum Gasteiger partial charge on any atom is 0.0320 e. The Morgan fingerprint density at radius 2 is 2.24 bits per heavy atom. The zero-order valence-electron chi connectivity index (χ0n) is 10.7. The lowest BCUT2D eigenvalue weighted by molar-refractivity contribution is 0.489. The Morgan fingerprint density at radius 1 is 1.41 bits per heavy atom. The van der Waals surface area contributed by atoms with E-state index in [0.717, 1.165) is 18.4 Å². The van der Waals surface area contributed by atoms with Crippen LogP contribution in [0.3, 0.4) is 0 Å². The van der Waals surface area contributed by atoms with Crippen LogP contribution < -0.4 is 5.32 Å². The summed E-state index contributed by atoms with van der Waals surface area (Å²) in [5.41, 5.74) is 1.41. The number of hydrogen-bond donors (Lipinski definition) is 1. The van der Waals surface area contributed by atoms with Gasteiger partial charge in [0.2, 0.25) is 0 Å². The van der Waals surface area contributed by atoms with Crippen LogP contribution in [0.1, 0.15) is 51.1 Å². The molecule has 94 valence electrons. The van der Waals surface area contributed by atoms with Gasteiger partial charge in [0.25, 0.3) is 0 Å². The van der Waals surface area contributed by atoms with Crippen molar-refractivity contribution in [1.82, 2.24) is 5.32 Å². The molecular weight excluding hydrogens is 274 g/mol. The summed E-state index contributed by atoms with van der Waals surface area (Å²) >= 11 is 3.55. The summed E-state index contributed by atoms with van der Waals surface area (Å²) in [5.74, 6) is 0.932. The van der Waals surface area contributed by atoms with E-state index in [1.165, 1.54) is 29.3 Å². The van der Waals surface area contributed by atoms with Crippen LogP contribution in [0.4, 0.5) is 0 Å². The van der Waals surface area contributed by atoms with Gasteiger partial charge in [0.1, 0.15) is 0 Å². The first kappa shape index (κ1) is 13.1. The van der Waals surface area contributed by atoms with Crippen LogP contribution in [0.15, 0.2) is 28.7 Å². The number of benzene rings is 1. The van der Waals surface area contributed by atoms with Crippen molar-refractivity contribution >= 4 is 15.9 Å². The van der Waals surface area contributed by atoms with E-state index in [2.05, 4.69) is 59.4 Å². The minimum atomic E-state index is 0.513. The second-order valence-electron chi connectivity index (χ2n) is 5.07. The first-order valence-corrected chi connectivity index (χ1v) is 7.55. The van der Waals surface area contributed by atoms with Gasteiger partial charge >= 0.3 is 0 Å². The molecule has 1 aromatic rings. The summed E-state index contributed by atoms with van der Waals surface area (Å²) in [6.45, 7) is 4.54. The average Bonchev–Trinajstić information content (AvgIpc) is 3.05. The van der Waals surface area contributed by atoms with Crippen LogP contribution in [0.5, 0.6) is 0 Å². The summed E-state index contributed by atoms with van der Waals surface area (Å²) in [5, 5.41) is 3.80. The summed E-state index contributed by atoms with van der Waals surface area (Å²) in [4.78, 5) is 0. The smallest absolute Gasteiger partial charge is 0.0320 e. The fourth-order valence-corrected chi connectivity index (χ4v) is 2.99. The molecule has 1 N–H and O–H groups in total. The van der Waals surface area contributed by atoms with Crippen molar-refractivity contribution in [2.24, 2.45) is 5.92 Å². The van der Waals surface area contributed by atoms with E-state index in [0.29, 0.717) is 6.04 Å². The van der Waals surface area contributed by atoms with Gasteiger partial charge in [0, 0.05) is 16.6 Å². The summed E-state index contributed by atoms with van der Waals surface area (Å²) < 4.78 is 1.18. The molecule has 2 rings (SSSR count). The highest BCUT2D eigenvalue weighted by atomic mass is 79.9. The standard InChI is InChI=1S/C15H22BrN/c1-3-6-11-10-15(11)17-14(4-2)12-7-5-8-13(16)9-12/h5,7-9,11,14-15,17H,3-4,6,10H2,1-2H3. The molecule has 0 saturated heterocycles. The molecule has 1 fully saturated rings. The maximum absolute atomic E-state index is 3.80. The fraction of sp³-hybridized carbons (Fsp3) is 0.600. The van der Waals surface area contributed by atoms with Crippen LogP contribution in [0.2, 0.25) is 0 Å². The quantitative estimate of drug-likeness (QED) is 0.804. The number of halogens is 1. The van der Waals surface area contributed by atoms with Crippen molar-refractivity contribution in [3.05, 3.63) is 34.3 Å². The molecule has 17 heavy (non-hydrogen) atoms. The lowest BCUT2D eigenvalue weighted by atomic mass is 10.0. The second kappa shape index (κ2) is 6.01. The van der Waals surface area contributed by atoms with Crippen molar-refractivity contribution in [2.45, 2.75) is 51.6 Å². The normalized spacial score (nSPS) is 24.6. The number of rotatable bonds is 6.